The van der Waals surface area contributed by atoms with Gasteiger partial charge >= 0.3 is 6.09 Å². The minimum Gasteiger partial charge on any atom is -0.410 e. The van der Waals surface area contributed by atoms with Gasteiger partial charge in [0.2, 0.25) is 0 Å². The van der Waals surface area contributed by atoms with Gasteiger partial charge in [-0.15, -0.1) is 0 Å². The van der Waals surface area contributed by atoms with Gasteiger partial charge < -0.3 is 15.0 Å². The molecule has 1 aromatic carbocycles. The number of carbonyl (C=O) groups excluding carboxylic acids is 1. The molecule has 1 aliphatic heterocycles. The quantitative estimate of drug-likeness (QED) is 0.680. The third-order valence-electron chi connectivity index (χ3n) is 3.50. The monoisotopic (exact) mass is 332 g/mol. The van der Waals surface area contributed by atoms with Gasteiger partial charge in [-0.05, 0) is 24.3 Å². The molecule has 124 valence electrons. The summed E-state index contributed by atoms with van der Waals surface area (Å²) in [7, 11) is 0. The van der Waals surface area contributed by atoms with Crippen molar-refractivity contribution in [3.8, 4) is 5.75 Å². The lowest BCUT2D eigenvalue weighted by molar-refractivity contribution is -0.384. The summed E-state index contributed by atoms with van der Waals surface area (Å²) >= 11 is 0. The second kappa shape index (κ2) is 6.49. The number of hydrogen-bond donors (Lipinski definition) is 1. The second-order valence-electron chi connectivity index (χ2n) is 5.22. The molecular weight excluding hydrogens is 319 g/mol. The van der Waals surface area contributed by atoms with Crippen LogP contribution in [0, 0.1) is 15.9 Å². The molecule has 24 heavy (non-hydrogen) atoms. The SMILES string of the molecule is O=C(NC1CN(c2ccc(F)cn2)C1)Oc1ccc([N+](=O)[O-])cc1. The van der Waals surface area contributed by atoms with E-state index in [1.807, 2.05) is 4.90 Å². The number of ether oxygens (including phenoxy) is 1. The molecule has 0 aliphatic carbocycles. The lowest BCUT2D eigenvalue weighted by Crippen LogP contribution is -2.60. The first-order chi connectivity index (χ1) is 11.5. The van der Waals surface area contributed by atoms with Crippen LogP contribution < -0.4 is 15.0 Å². The largest absolute Gasteiger partial charge is 0.412 e. The van der Waals surface area contributed by atoms with E-state index < -0.39 is 16.8 Å². The number of non-ortho nitro benzene ring substituents is 1. The Morgan fingerprint density at radius 2 is 2.00 bits per heavy atom. The zero-order valence-electron chi connectivity index (χ0n) is 12.4. The number of halogens is 1. The third kappa shape index (κ3) is 3.57. The first-order valence-electron chi connectivity index (χ1n) is 7.10. The number of nitrogens with zero attached hydrogens (tertiary/aromatic N) is 3. The molecule has 1 fully saturated rings. The molecule has 1 amide bonds. The molecule has 0 atom stereocenters. The number of pyridine rings is 1. The fourth-order valence-corrected chi connectivity index (χ4v) is 2.25. The van der Waals surface area contributed by atoms with Gasteiger partial charge in [-0.2, -0.15) is 0 Å². The number of rotatable bonds is 4. The zero-order chi connectivity index (χ0) is 17.1. The Kier molecular flexibility index (Phi) is 4.23. The van der Waals surface area contributed by atoms with E-state index in [2.05, 4.69) is 10.3 Å². The molecule has 1 aliphatic rings. The average Bonchev–Trinajstić information content (AvgIpc) is 2.52. The molecule has 3 rings (SSSR count). The van der Waals surface area contributed by atoms with Gasteiger partial charge in [-0.3, -0.25) is 10.1 Å². The van der Waals surface area contributed by atoms with Crippen molar-refractivity contribution in [3.05, 3.63) is 58.5 Å². The van der Waals surface area contributed by atoms with Crippen LogP contribution in [0.2, 0.25) is 0 Å². The summed E-state index contributed by atoms with van der Waals surface area (Å²) in [6.45, 7) is 1.07. The number of carbonyl (C=O) groups is 1. The van der Waals surface area contributed by atoms with Gasteiger partial charge in [-0.1, -0.05) is 0 Å². The molecule has 0 spiro atoms. The van der Waals surface area contributed by atoms with Crippen LogP contribution >= 0.6 is 0 Å². The summed E-state index contributed by atoms with van der Waals surface area (Å²) in [6.07, 6.45) is 0.499. The second-order valence-corrected chi connectivity index (χ2v) is 5.22. The van der Waals surface area contributed by atoms with E-state index in [9.17, 15) is 19.3 Å². The summed E-state index contributed by atoms with van der Waals surface area (Å²) in [6, 6.07) is 8.01. The van der Waals surface area contributed by atoms with Crippen molar-refractivity contribution in [2.75, 3.05) is 18.0 Å². The Bertz CT molecular complexity index is 745. The van der Waals surface area contributed by atoms with Crippen LogP contribution in [0.1, 0.15) is 0 Å². The summed E-state index contributed by atoms with van der Waals surface area (Å²) < 4.78 is 17.9. The summed E-state index contributed by atoms with van der Waals surface area (Å²) in [4.78, 5) is 27.6. The molecule has 0 radical (unpaired) electrons. The van der Waals surface area contributed by atoms with Crippen molar-refractivity contribution in [2.24, 2.45) is 0 Å². The van der Waals surface area contributed by atoms with E-state index in [0.29, 0.717) is 18.9 Å². The molecule has 2 aromatic rings. The molecular formula is C15H13FN4O4. The molecule has 9 heteroatoms. The van der Waals surface area contributed by atoms with Crippen LogP contribution in [0.5, 0.6) is 5.75 Å². The molecule has 0 bridgehead atoms. The van der Waals surface area contributed by atoms with E-state index in [1.54, 1.807) is 6.07 Å². The van der Waals surface area contributed by atoms with Crippen molar-refractivity contribution in [3.63, 3.8) is 0 Å². The van der Waals surface area contributed by atoms with Gasteiger partial charge in [0.1, 0.15) is 17.4 Å². The first-order valence-corrected chi connectivity index (χ1v) is 7.10. The number of nitro benzene ring substituents is 1. The van der Waals surface area contributed by atoms with Crippen LogP contribution in [0.15, 0.2) is 42.6 Å². The van der Waals surface area contributed by atoms with Gasteiger partial charge in [0.05, 0.1) is 17.2 Å². The topological polar surface area (TPSA) is 97.6 Å². The highest BCUT2D eigenvalue weighted by atomic mass is 19.1. The maximum absolute atomic E-state index is 12.8. The van der Waals surface area contributed by atoms with Gasteiger partial charge in [0.15, 0.2) is 0 Å². The summed E-state index contributed by atoms with van der Waals surface area (Å²) in [5.74, 6) is 0.452. The van der Waals surface area contributed by atoms with Crippen LogP contribution in [0.4, 0.5) is 20.7 Å². The lowest BCUT2D eigenvalue weighted by atomic mass is 10.1. The van der Waals surface area contributed by atoms with Crippen molar-refractivity contribution in [2.45, 2.75) is 6.04 Å². The average molecular weight is 332 g/mol. The normalized spacial score (nSPS) is 14.0. The van der Waals surface area contributed by atoms with Crippen LogP contribution in [0.3, 0.4) is 0 Å². The van der Waals surface area contributed by atoms with Crippen LogP contribution in [-0.2, 0) is 0 Å². The zero-order valence-corrected chi connectivity index (χ0v) is 12.4. The Balaban J connectivity index is 1.46. The highest BCUT2D eigenvalue weighted by Gasteiger charge is 2.29. The number of aromatic nitrogens is 1. The maximum atomic E-state index is 12.8. The number of amides is 1. The summed E-state index contributed by atoms with van der Waals surface area (Å²) in [5.41, 5.74) is -0.0795. The number of nitrogens with one attached hydrogen (secondary N) is 1. The minimum absolute atomic E-state index is 0.0795. The molecule has 1 saturated heterocycles. The van der Waals surface area contributed by atoms with E-state index in [4.69, 9.17) is 4.74 Å². The van der Waals surface area contributed by atoms with Gasteiger partial charge in [0, 0.05) is 25.2 Å². The van der Waals surface area contributed by atoms with E-state index in [0.717, 1.165) is 6.20 Å². The lowest BCUT2D eigenvalue weighted by Gasteiger charge is -2.39. The van der Waals surface area contributed by atoms with Gasteiger partial charge in [0.25, 0.3) is 5.69 Å². The van der Waals surface area contributed by atoms with Crippen molar-refractivity contribution >= 4 is 17.6 Å². The van der Waals surface area contributed by atoms with Crippen molar-refractivity contribution < 1.29 is 18.8 Å². The fraction of sp³-hybridized carbons (Fsp3) is 0.200. The maximum Gasteiger partial charge on any atom is 0.412 e. The fourth-order valence-electron chi connectivity index (χ4n) is 2.25. The molecule has 1 aromatic heterocycles. The highest BCUT2D eigenvalue weighted by molar-refractivity contribution is 5.71. The van der Waals surface area contributed by atoms with E-state index >= 15 is 0 Å². The smallest absolute Gasteiger partial charge is 0.410 e. The Hall–Kier alpha value is -3.23. The number of benzene rings is 1. The standard InChI is InChI=1S/C15H13FN4O4/c16-10-1-6-14(17-7-10)19-8-11(9-19)18-15(21)24-13-4-2-12(3-5-13)20(22)23/h1-7,11H,8-9H2,(H,18,21). The van der Waals surface area contributed by atoms with Gasteiger partial charge in [-0.25, -0.2) is 14.2 Å². The highest BCUT2D eigenvalue weighted by Crippen LogP contribution is 2.19. The number of anilines is 1. The first kappa shape index (κ1) is 15.7. The van der Waals surface area contributed by atoms with E-state index in [1.165, 1.54) is 30.3 Å². The van der Waals surface area contributed by atoms with E-state index in [-0.39, 0.29) is 17.5 Å². The number of nitro groups is 1. The molecule has 0 unspecified atom stereocenters. The predicted molar refractivity (Wildman–Crippen MR) is 82.5 cm³/mol. The Morgan fingerprint density at radius 1 is 1.29 bits per heavy atom. The molecule has 1 N–H and O–H groups in total. The predicted octanol–water partition coefficient (Wildman–Crippen LogP) is 2.11. The summed E-state index contributed by atoms with van der Waals surface area (Å²) in [5, 5.41) is 13.2. The molecule has 2 heterocycles. The molecule has 8 nitrogen and oxygen atoms in total. The molecule has 0 saturated carbocycles. The van der Waals surface area contributed by atoms with Crippen LogP contribution in [0.25, 0.3) is 0 Å². The Morgan fingerprint density at radius 3 is 2.58 bits per heavy atom. The minimum atomic E-state index is -0.638. The Labute approximate surface area is 136 Å². The number of hydrogen-bond acceptors (Lipinski definition) is 6. The van der Waals surface area contributed by atoms with Crippen LogP contribution in [-0.4, -0.2) is 35.1 Å². The van der Waals surface area contributed by atoms with Crippen molar-refractivity contribution in [1.82, 2.24) is 10.3 Å². The van der Waals surface area contributed by atoms with Crippen molar-refractivity contribution in [1.29, 1.82) is 0 Å². The third-order valence-corrected chi connectivity index (χ3v) is 3.50.